The minimum absolute atomic E-state index is 0.245. The Balaban J connectivity index is 2.55. The molecule has 17 heavy (non-hydrogen) atoms. The second-order valence-corrected chi connectivity index (χ2v) is 5.38. The summed E-state index contributed by atoms with van der Waals surface area (Å²) in [5.74, 6) is -1.20. The lowest BCUT2D eigenvalue weighted by atomic mass is 9.83. The lowest BCUT2D eigenvalue weighted by molar-refractivity contribution is -0.189. The van der Waals surface area contributed by atoms with Crippen molar-refractivity contribution < 1.29 is 17.9 Å². The molecule has 0 aromatic carbocycles. The summed E-state index contributed by atoms with van der Waals surface area (Å²) in [4.78, 5) is 0. The Morgan fingerprint density at radius 2 is 1.76 bits per heavy atom. The van der Waals surface area contributed by atoms with E-state index in [1.807, 2.05) is 13.8 Å². The third-order valence-electron chi connectivity index (χ3n) is 3.53. The van der Waals surface area contributed by atoms with Crippen LogP contribution >= 0.6 is 0 Å². The molecule has 1 saturated carbocycles. The summed E-state index contributed by atoms with van der Waals surface area (Å²) in [7, 11) is 1.57. The molecular formula is C12H22F3NO. The van der Waals surface area contributed by atoms with E-state index in [-0.39, 0.29) is 6.42 Å². The molecule has 0 amide bonds. The molecule has 0 spiro atoms. The summed E-state index contributed by atoms with van der Waals surface area (Å²) in [5.41, 5.74) is -0.423. The van der Waals surface area contributed by atoms with Crippen molar-refractivity contribution in [3.05, 3.63) is 0 Å². The first-order chi connectivity index (χ1) is 7.76. The molecule has 1 fully saturated rings. The van der Waals surface area contributed by atoms with Crippen LogP contribution in [0.4, 0.5) is 13.2 Å². The van der Waals surface area contributed by atoms with Gasteiger partial charge in [0, 0.05) is 19.7 Å². The number of hydrogen-bond donors (Lipinski definition) is 1. The highest BCUT2D eigenvalue weighted by Crippen LogP contribution is 2.37. The van der Waals surface area contributed by atoms with E-state index < -0.39 is 23.7 Å². The van der Waals surface area contributed by atoms with Crippen molar-refractivity contribution in [3.63, 3.8) is 0 Å². The summed E-state index contributed by atoms with van der Waals surface area (Å²) in [5, 5.41) is 3.02. The maximum atomic E-state index is 12.8. The molecule has 1 aliphatic rings. The number of rotatable bonds is 4. The summed E-state index contributed by atoms with van der Waals surface area (Å²) in [6, 6.07) is -0.460. The molecule has 0 bridgehead atoms. The van der Waals surface area contributed by atoms with Crippen LogP contribution in [0.5, 0.6) is 0 Å². The van der Waals surface area contributed by atoms with E-state index in [1.54, 1.807) is 7.11 Å². The van der Waals surface area contributed by atoms with Gasteiger partial charge in [0.1, 0.15) is 0 Å². The van der Waals surface area contributed by atoms with Gasteiger partial charge in [-0.3, -0.25) is 0 Å². The van der Waals surface area contributed by atoms with Gasteiger partial charge >= 0.3 is 6.18 Å². The van der Waals surface area contributed by atoms with E-state index in [2.05, 4.69) is 5.32 Å². The Labute approximate surface area is 101 Å². The molecule has 0 aromatic heterocycles. The van der Waals surface area contributed by atoms with Crippen LogP contribution in [0, 0.1) is 5.92 Å². The topological polar surface area (TPSA) is 21.3 Å². The molecule has 1 aliphatic carbocycles. The second-order valence-electron chi connectivity index (χ2n) is 5.38. The zero-order chi connectivity index (χ0) is 13.1. The van der Waals surface area contributed by atoms with Crippen LogP contribution in [0.3, 0.4) is 0 Å². The van der Waals surface area contributed by atoms with Crippen molar-refractivity contribution in [2.75, 3.05) is 13.7 Å². The first-order valence-corrected chi connectivity index (χ1v) is 6.11. The van der Waals surface area contributed by atoms with E-state index in [0.29, 0.717) is 19.4 Å². The van der Waals surface area contributed by atoms with Gasteiger partial charge in [0.2, 0.25) is 0 Å². The molecule has 1 N–H and O–H groups in total. The fraction of sp³-hybridized carbons (Fsp3) is 1.00. The molecule has 2 unspecified atom stereocenters. The van der Waals surface area contributed by atoms with Crippen molar-refractivity contribution in [1.82, 2.24) is 5.32 Å². The summed E-state index contributed by atoms with van der Waals surface area (Å²) < 4.78 is 43.7. The molecule has 2 atom stereocenters. The zero-order valence-corrected chi connectivity index (χ0v) is 10.7. The van der Waals surface area contributed by atoms with Crippen molar-refractivity contribution >= 4 is 0 Å². The average molecular weight is 253 g/mol. The molecule has 2 nitrogen and oxygen atoms in total. The molecule has 0 aliphatic heterocycles. The van der Waals surface area contributed by atoms with Gasteiger partial charge < -0.3 is 10.1 Å². The van der Waals surface area contributed by atoms with Crippen LogP contribution in [-0.4, -0.2) is 31.5 Å². The van der Waals surface area contributed by atoms with Crippen LogP contribution in [0.2, 0.25) is 0 Å². The number of nitrogens with one attached hydrogen (secondary N) is 1. The Kier molecular flexibility index (Phi) is 4.84. The summed E-state index contributed by atoms with van der Waals surface area (Å²) in [6.07, 6.45) is -1.69. The monoisotopic (exact) mass is 253 g/mol. The van der Waals surface area contributed by atoms with E-state index in [4.69, 9.17) is 4.74 Å². The lowest BCUT2D eigenvalue weighted by Gasteiger charge is -2.35. The number of ether oxygens (including phenoxy) is 1. The molecule has 0 heterocycles. The lowest BCUT2D eigenvalue weighted by Crippen LogP contribution is -2.49. The van der Waals surface area contributed by atoms with Crippen LogP contribution in [0.1, 0.15) is 39.5 Å². The molecule has 1 rings (SSSR count). The highest BCUT2D eigenvalue weighted by atomic mass is 19.4. The molecular weight excluding hydrogens is 231 g/mol. The van der Waals surface area contributed by atoms with Crippen LogP contribution in [0.15, 0.2) is 0 Å². The molecule has 0 radical (unpaired) electrons. The minimum atomic E-state index is -4.09. The Morgan fingerprint density at radius 3 is 2.29 bits per heavy atom. The van der Waals surface area contributed by atoms with Crippen LogP contribution < -0.4 is 5.32 Å². The minimum Gasteiger partial charge on any atom is -0.377 e. The van der Waals surface area contributed by atoms with E-state index in [1.165, 1.54) is 0 Å². The van der Waals surface area contributed by atoms with Gasteiger partial charge in [0.05, 0.1) is 11.5 Å². The number of halogens is 3. The Bertz CT molecular complexity index is 240. The van der Waals surface area contributed by atoms with Crippen molar-refractivity contribution in [2.45, 2.75) is 57.3 Å². The van der Waals surface area contributed by atoms with Crippen molar-refractivity contribution in [3.8, 4) is 0 Å². The van der Waals surface area contributed by atoms with Gasteiger partial charge in [-0.15, -0.1) is 0 Å². The third-order valence-corrected chi connectivity index (χ3v) is 3.53. The number of hydrogen-bond acceptors (Lipinski definition) is 2. The zero-order valence-electron chi connectivity index (χ0n) is 10.7. The van der Waals surface area contributed by atoms with Crippen LogP contribution in [0.25, 0.3) is 0 Å². The third kappa shape index (κ3) is 4.47. The van der Waals surface area contributed by atoms with Gasteiger partial charge in [-0.1, -0.05) is 12.8 Å². The molecule has 5 heteroatoms. The maximum absolute atomic E-state index is 12.8. The van der Waals surface area contributed by atoms with Gasteiger partial charge in [0.15, 0.2) is 0 Å². The summed E-state index contributed by atoms with van der Waals surface area (Å²) >= 11 is 0. The highest BCUT2D eigenvalue weighted by molar-refractivity contribution is 4.87. The van der Waals surface area contributed by atoms with E-state index >= 15 is 0 Å². The second kappa shape index (κ2) is 5.57. The van der Waals surface area contributed by atoms with Gasteiger partial charge in [-0.05, 0) is 26.7 Å². The van der Waals surface area contributed by atoms with Crippen molar-refractivity contribution in [2.24, 2.45) is 5.92 Å². The first kappa shape index (κ1) is 14.8. The number of alkyl halides is 3. The average Bonchev–Trinajstić information content (AvgIpc) is 2.26. The highest BCUT2D eigenvalue weighted by Gasteiger charge is 2.45. The molecule has 0 saturated heterocycles. The fourth-order valence-electron chi connectivity index (χ4n) is 2.22. The number of methoxy groups -OCH3 is 1. The fourth-order valence-corrected chi connectivity index (χ4v) is 2.22. The standard InChI is InChI=1S/C12H22F3NO/c1-11(2,17-3)8-16-10-7-5-4-6-9(10)12(13,14)15/h9-10,16H,4-8H2,1-3H3. The molecule has 0 aromatic rings. The van der Waals surface area contributed by atoms with Gasteiger partial charge in [0.25, 0.3) is 0 Å². The maximum Gasteiger partial charge on any atom is 0.393 e. The van der Waals surface area contributed by atoms with Crippen molar-refractivity contribution in [1.29, 1.82) is 0 Å². The quantitative estimate of drug-likeness (QED) is 0.831. The van der Waals surface area contributed by atoms with E-state index in [9.17, 15) is 13.2 Å². The molecule has 102 valence electrons. The SMILES string of the molecule is COC(C)(C)CNC1CCCCC1C(F)(F)F. The van der Waals surface area contributed by atoms with Crippen LogP contribution in [-0.2, 0) is 4.74 Å². The smallest absolute Gasteiger partial charge is 0.377 e. The summed E-state index contributed by atoms with van der Waals surface area (Å²) in [6.45, 7) is 4.18. The Morgan fingerprint density at radius 1 is 1.18 bits per heavy atom. The predicted molar refractivity (Wildman–Crippen MR) is 60.9 cm³/mol. The van der Waals surface area contributed by atoms with E-state index in [0.717, 1.165) is 6.42 Å². The normalized spacial score (nSPS) is 27.2. The van der Waals surface area contributed by atoms with Gasteiger partial charge in [-0.25, -0.2) is 0 Å². The van der Waals surface area contributed by atoms with Gasteiger partial charge in [-0.2, -0.15) is 13.2 Å². The largest absolute Gasteiger partial charge is 0.393 e. The first-order valence-electron chi connectivity index (χ1n) is 6.11. The Hall–Kier alpha value is -0.290. The predicted octanol–water partition coefficient (Wildman–Crippen LogP) is 3.12.